The van der Waals surface area contributed by atoms with Gasteiger partial charge in [0.2, 0.25) is 5.91 Å². The Labute approximate surface area is 140 Å². The van der Waals surface area contributed by atoms with E-state index in [0.717, 1.165) is 16.7 Å². The monoisotopic (exact) mass is 334 g/mol. The number of amides is 1. The zero-order valence-electron chi connectivity index (χ0n) is 13.3. The van der Waals surface area contributed by atoms with Crippen molar-refractivity contribution in [2.75, 3.05) is 14.2 Å². The van der Waals surface area contributed by atoms with Gasteiger partial charge in [0, 0.05) is 30.6 Å². The zero-order valence-corrected chi connectivity index (χ0v) is 14.1. The van der Waals surface area contributed by atoms with Gasteiger partial charge in [0.1, 0.15) is 16.9 Å². The van der Waals surface area contributed by atoms with E-state index in [1.54, 1.807) is 38.7 Å². The summed E-state index contributed by atoms with van der Waals surface area (Å²) in [6, 6.07) is 7.18. The molecular weight excluding hydrogens is 316 g/mol. The Bertz CT molecular complexity index is 691. The fourth-order valence-electron chi connectivity index (χ4n) is 2.18. The Morgan fingerprint density at radius 2 is 2.09 bits per heavy atom. The van der Waals surface area contributed by atoms with Crippen molar-refractivity contribution in [3.8, 4) is 11.5 Å². The summed E-state index contributed by atoms with van der Waals surface area (Å²) in [5.41, 5.74) is 2.47. The minimum absolute atomic E-state index is 0.265. The molecule has 23 heavy (non-hydrogen) atoms. The predicted octanol–water partition coefficient (Wildman–Crippen LogP) is 3.00. The molecule has 1 atom stereocenters. The van der Waals surface area contributed by atoms with E-state index in [0.29, 0.717) is 18.0 Å². The van der Waals surface area contributed by atoms with Crippen LogP contribution in [0.2, 0.25) is 0 Å². The Morgan fingerprint density at radius 3 is 2.74 bits per heavy atom. The SMILES string of the molecule is COc1ccc(CNC(=O)[C@@H](Cl)c2ccncc2C)c(OC)c1. The summed E-state index contributed by atoms with van der Waals surface area (Å²) in [5, 5.41) is 2.06. The number of pyridine rings is 1. The van der Waals surface area contributed by atoms with Crippen LogP contribution in [0.25, 0.3) is 0 Å². The molecule has 0 saturated carbocycles. The van der Waals surface area contributed by atoms with Crippen molar-refractivity contribution in [2.24, 2.45) is 0 Å². The van der Waals surface area contributed by atoms with Crippen molar-refractivity contribution >= 4 is 17.5 Å². The molecule has 0 bridgehead atoms. The summed E-state index contributed by atoms with van der Waals surface area (Å²) >= 11 is 6.26. The van der Waals surface area contributed by atoms with Crippen LogP contribution in [0.15, 0.2) is 36.7 Å². The standard InChI is InChI=1S/C17H19ClN2O3/c1-11-9-19-7-6-14(11)16(18)17(21)20-10-12-4-5-13(22-2)8-15(12)23-3/h4-9,16H,10H2,1-3H3,(H,20,21)/t16-/m0/s1. The minimum Gasteiger partial charge on any atom is -0.497 e. The Kier molecular flexibility index (Phi) is 5.82. The lowest BCUT2D eigenvalue weighted by atomic mass is 10.1. The Hall–Kier alpha value is -2.27. The second-order valence-electron chi connectivity index (χ2n) is 4.99. The van der Waals surface area contributed by atoms with Crippen LogP contribution >= 0.6 is 11.6 Å². The van der Waals surface area contributed by atoms with Crippen LogP contribution < -0.4 is 14.8 Å². The Morgan fingerprint density at radius 1 is 1.30 bits per heavy atom. The van der Waals surface area contributed by atoms with Gasteiger partial charge in [-0.25, -0.2) is 0 Å². The van der Waals surface area contributed by atoms with Crippen molar-refractivity contribution in [3.05, 3.63) is 53.3 Å². The summed E-state index contributed by atoms with van der Waals surface area (Å²) in [7, 11) is 3.16. The van der Waals surface area contributed by atoms with E-state index in [1.807, 2.05) is 19.1 Å². The Balaban J connectivity index is 2.06. The zero-order chi connectivity index (χ0) is 16.8. The first-order chi connectivity index (χ1) is 11.1. The van der Waals surface area contributed by atoms with E-state index >= 15 is 0 Å². The maximum Gasteiger partial charge on any atom is 0.242 e. The average Bonchev–Trinajstić information content (AvgIpc) is 2.59. The molecule has 0 aliphatic carbocycles. The van der Waals surface area contributed by atoms with Crippen molar-refractivity contribution < 1.29 is 14.3 Å². The number of ether oxygens (including phenoxy) is 2. The molecule has 1 heterocycles. The molecule has 5 nitrogen and oxygen atoms in total. The number of aromatic nitrogens is 1. The van der Waals surface area contributed by atoms with E-state index in [1.165, 1.54) is 0 Å². The van der Waals surface area contributed by atoms with Crippen LogP contribution in [0.1, 0.15) is 22.1 Å². The molecule has 0 aliphatic rings. The second kappa shape index (κ2) is 7.83. The van der Waals surface area contributed by atoms with Crippen molar-refractivity contribution in [2.45, 2.75) is 18.8 Å². The normalized spacial score (nSPS) is 11.7. The highest BCUT2D eigenvalue weighted by Gasteiger charge is 2.19. The second-order valence-corrected chi connectivity index (χ2v) is 5.43. The molecule has 122 valence electrons. The third-order valence-electron chi connectivity index (χ3n) is 3.51. The summed E-state index contributed by atoms with van der Waals surface area (Å²) in [5.74, 6) is 1.08. The van der Waals surface area contributed by atoms with Crippen molar-refractivity contribution in [1.82, 2.24) is 10.3 Å². The van der Waals surface area contributed by atoms with Crippen LogP contribution in [-0.2, 0) is 11.3 Å². The van der Waals surface area contributed by atoms with E-state index in [9.17, 15) is 4.79 Å². The lowest BCUT2D eigenvalue weighted by Gasteiger charge is -2.14. The van der Waals surface area contributed by atoms with E-state index in [4.69, 9.17) is 21.1 Å². The number of carbonyl (C=O) groups is 1. The number of methoxy groups -OCH3 is 2. The van der Waals surface area contributed by atoms with Gasteiger partial charge in [-0.15, -0.1) is 11.6 Å². The molecule has 2 aromatic rings. The number of nitrogens with zero attached hydrogens (tertiary/aromatic N) is 1. The average molecular weight is 335 g/mol. The number of rotatable bonds is 6. The van der Waals surface area contributed by atoms with Crippen LogP contribution in [0.4, 0.5) is 0 Å². The van der Waals surface area contributed by atoms with Crippen molar-refractivity contribution in [3.63, 3.8) is 0 Å². The van der Waals surface area contributed by atoms with Crippen LogP contribution in [0.5, 0.6) is 11.5 Å². The van der Waals surface area contributed by atoms with Gasteiger partial charge in [-0.3, -0.25) is 9.78 Å². The topological polar surface area (TPSA) is 60.5 Å². The van der Waals surface area contributed by atoms with E-state index in [2.05, 4.69) is 10.3 Å². The van der Waals surface area contributed by atoms with Crippen LogP contribution in [0, 0.1) is 6.92 Å². The number of hydrogen-bond acceptors (Lipinski definition) is 4. The molecule has 0 unspecified atom stereocenters. The number of alkyl halides is 1. The van der Waals surface area contributed by atoms with Gasteiger partial charge in [0.25, 0.3) is 0 Å². The van der Waals surface area contributed by atoms with Crippen LogP contribution in [0.3, 0.4) is 0 Å². The molecule has 0 aliphatic heterocycles. The molecule has 2 rings (SSSR count). The maximum atomic E-state index is 12.3. The fraction of sp³-hybridized carbons (Fsp3) is 0.294. The minimum atomic E-state index is -0.762. The number of carbonyl (C=O) groups excluding carboxylic acids is 1. The molecule has 1 N–H and O–H groups in total. The lowest BCUT2D eigenvalue weighted by molar-refractivity contribution is -0.121. The number of halogens is 1. The molecule has 6 heteroatoms. The van der Waals surface area contributed by atoms with E-state index < -0.39 is 5.38 Å². The summed E-state index contributed by atoms with van der Waals surface area (Å²) in [4.78, 5) is 16.3. The first-order valence-corrected chi connectivity index (χ1v) is 7.53. The predicted molar refractivity (Wildman–Crippen MR) is 89.0 cm³/mol. The molecule has 1 aromatic heterocycles. The first-order valence-electron chi connectivity index (χ1n) is 7.10. The van der Waals surface area contributed by atoms with Crippen LogP contribution in [-0.4, -0.2) is 25.1 Å². The van der Waals surface area contributed by atoms with Gasteiger partial charge in [-0.2, -0.15) is 0 Å². The third-order valence-corrected chi connectivity index (χ3v) is 3.95. The molecular formula is C17H19ClN2O3. The highest BCUT2D eigenvalue weighted by atomic mass is 35.5. The molecule has 1 aromatic carbocycles. The lowest BCUT2D eigenvalue weighted by Crippen LogP contribution is -2.27. The van der Waals surface area contributed by atoms with Gasteiger partial charge < -0.3 is 14.8 Å². The van der Waals surface area contributed by atoms with Gasteiger partial charge in [-0.1, -0.05) is 0 Å². The molecule has 0 radical (unpaired) electrons. The van der Waals surface area contributed by atoms with Gasteiger partial charge in [-0.05, 0) is 36.2 Å². The number of nitrogens with one attached hydrogen (secondary N) is 1. The largest absolute Gasteiger partial charge is 0.497 e. The highest BCUT2D eigenvalue weighted by Crippen LogP contribution is 2.26. The quantitative estimate of drug-likeness (QED) is 0.825. The van der Waals surface area contributed by atoms with E-state index in [-0.39, 0.29) is 5.91 Å². The molecule has 1 amide bonds. The molecule has 0 fully saturated rings. The molecule has 0 spiro atoms. The highest BCUT2D eigenvalue weighted by molar-refractivity contribution is 6.30. The van der Waals surface area contributed by atoms with Gasteiger partial charge >= 0.3 is 0 Å². The fourth-order valence-corrected chi connectivity index (χ4v) is 2.50. The van der Waals surface area contributed by atoms with Gasteiger partial charge in [0.15, 0.2) is 0 Å². The number of hydrogen-bond donors (Lipinski definition) is 1. The maximum absolute atomic E-state index is 12.3. The molecule has 0 saturated heterocycles. The summed E-state index contributed by atoms with van der Waals surface area (Å²) in [6.07, 6.45) is 3.31. The summed E-state index contributed by atoms with van der Waals surface area (Å²) < 4.78 is 10.5. The first kappa shape index (κ1) is 17.1. The van der Waals surface area contributed by atoms with Crippen molar-refractivity contribution in [1.29, 1.82) is 0 Å². The van der Waals surface area contributed by atoms with Gasteiger partial charge in [0.05, 0.1) is 14.2 Å². The number of benzene rings is 1. The smallest absolute Gasteiger partial charge is 0.242 e. The third kappa shape index (κ3) is 4.13. The summed E-state index contributed by atoms with van der Waals surface area (Å²) in [6.45, 7) is 2.19. The number of aryl methyl sites for hydroxylation is 1.